The maximum Gasteiger partial charge on any atom is 0.0408 e. The topological polar surface area (TPSA) is 12.0 Å². The van der Waals surface area contributed by atoms with Gasteiger partial charge in [-0.25, -0.2) is 0 Å². The van der Waals surface area contributed by atoms with Crippen molar-refractivity contribution in [1.29, 1.82) is 0 Å². The van der Waals surface area contributed by atoms with Crippen LogP contribution in [0.15, 0.2) is 24.3 Å². The second kappa shape index (κ2) is 8.17. The van der Waals surface area contributed by atoms with Crippen molar-refractivity contribution in [3.63, 3.8) is 0 Å². The van der Waals surface area contributed by atoms with E-state index in [0.29, 0.717) is 6.04 Å². The van der Waals surface area contributed by atoms with Crippen LogP contribution in [-0.4, -0.2) is 12.6 Å². The summed E-state index contributed by atoms with van der Waals surface area (Å²) in [5.41, 5.74) is 1.29. The van der Waals surface area contributed by atoms with Crippen LogP contribution in [0.4, 0.5) is 0 Å². The minimum Gasteiger partial charge on any atom is -0.314 e. The summed E-state index contributed by atoms with van der Waals surface area (Å²) in [6, 6.07) is 8.57. The third kappa shape index (κ3) is 5.77. The maximum atomic E-state index is 5.99. The standard InChI is InChI=1S/C15H20ClN/c1-3-5-6-10-15(17-4-2)12-13-8-7-9-14(16)11-13/h7-9,11,15,17H,4,6,10,12H2,1-2H3. The molecule has 0 aromatic heterocycles. The summed E-state index contributed by atoms with van der Waals surface area (Å²) >= 11 is 5.99. The first-order valence-electron chi connectivity index (χ1n) is 6.13. The van der Waals surface area contributed by atoms with Gasteiger partial charge in [-0.3, -0.25) is 0 Å². The number of hydrogen-bond acceptors (Lipinski definition) is 1. The van der Waals surface area contributed by atoms with Crippen LogP contribution in [-0.2, 0) is 6.42 Å². The maximum absolute atomic E-state index is 5.99. The predicted octanol–water partition coefficient (Wildman–Crippen LogP) is 3.66. The van der Waals surface area contributed by atoms with Gasteiger partial charge in [-0.05, 0) is 44.0 Å². The number of hydrogen-bond donors (Lipinski definition) is 1. The number of halogens is 1. The van der Waals surface area contributed by atoms with Crippen LogP contribution >= 0.6 is 11.6 Å². The summed E-state index contributed by atoms with van der Waals surface area (Å²) in [5.74, 6) is 6.06. The van der Waals surface area contributed by atoms with Crippen molar-refractivity contribution in [3.05, 3.63) is 34.9 Å². The molecule has 17 heavy (non-hydrogen) atoms. The fourth-order valence-corrected chi connectivity index (χ4v) is 2.10. The Kier molecular flexibility index (Phi) is 6.77. The summed E-state index contributed by atoms with van der Waals surface area (Å²) in [4.78, 5) is 0. The molecule has 0 bridgehead atoms. The van der Waals surface area contributed by atoms with Gasteiger partial charge in [-0.15, -0.1) is 11.8 Å². The molecular weight excluding hydrogens is 230 g/mol. The van der Waals surface area contributed by atoms with Gasteiger partial charge >= 0.3 is 0 Å². The summed E-state index contributed by atoms with van der Waals surface area (Å²) in [6.07, 6.45) is 3.05. The highest BCUT2D eigenvalue weighted by molar-refractivity contribution is 6.30. The highest BCUT2D eigenvalue weighted by Gasteiger charge is 2.07. The van der Waals surface area contributed by atoms with Crippen LogP contribution in [0.3, 0.4) is 0 Å². The first-order chi connectivity index (χ1) is 8.26. The highest BCUT2D eigenvalue weighted by Crippen LogP contribution is 2.13. The van der Waals surface area contributed by atoms with Gasteiger partial charge in [0.1, 0.15) is 0 Å². The Balaban J connectivity index is 2.55. The Bertz CT molecular complexity index is 389. The highest BCUT2D eigenvalue weighted by atomic mass is 35.5. The van der Waals surface area contributed by atoms with Crippen molar-refractivity contribution in [2.45, 2.75) is 39.2 Å². The van der Waals surface area contributed by atoms with E-state index in [-0.39, 0.29) is 0 Å². The predicted molar refractivity (Wildman–Crippen MR) is 75.3 cm³/mol. The van der Waals surface area contributed by atoms with Crippen LogP contribution in [0, 0.1) is 11.8 Å². The summed E-state index contributed by atoms with van der Waals surface area (Å²) in [5, 5.41) is 4.31. The molecule has 1 rings (SSSR count). The third-order valence-corrected chi connectivity index (χ3v) is 2.89. The number of nitrogens with one attached hydrogen (secondary N) is 1. The third-order valence-electron chi connectivity index (χ3n) is 2.66. The van der Waals surface area contributed by atoms with Crippen molar-refractivity contribution in [2.24, 2.45) is 0 Å². The Morgan fingerprint density at radius 1 is 1.41 bits per heavy atom. The van der Waals surface area contributed by atoms with Crippen molar-refractivity contribution in [3.8, 4) is 11.8 Å². The van der Waals surface area contributed by atoms with E-state index in [4.69, 9.17) is 11.6 Å². The molecule has 0 saturated heterocycles. The quantitative estimate of drug-likeness (QED) is 0.759. The molecule has 1 aromatic rings. The van der Waals surface area contributed by atoms with E-state index in [1.165, 1.54) is 5.56 Å². The summed E-state index contributed by atoms with van der Waals surface area (Å²) < 4.78 is 0. The van der Waals surface area contributed by atoms with E-state index >= 15 is 0 Å². The lowest BCUT2D eigenvalue weighted by Gasteiger charge is -2.16. The molecule has 1 unspecified atom stereocenters. The molecule has 0 heterocycles. The van der Waals surface area contributed by atoms with Crippen LogP contribution in [0.1, 0.15) is 32.3 Å². The summed E-state index contributed by atoms with van der Waals surface area (Å²) in [7, 11) is 0. The van der Waals surface area contributed by atoms with Gasteiger partial charge in [0, 0.05) is 17.5 Å². The van der Waals surface area contributed by atoms with Gasteiger partial charge in [0.25, 0.3) is 0 Å². The molecule has 0 aliphatic heterocycles. The largest absolute Gasteiger partial charge is 0.314 e. The molecule has 0 amide bonds. The molecular formula is C15H20ClN. The molecule has 0 aliphatic rings. The summed E-state index contributed by atoms with van der Waals surface area (Å²) in [6.45, 7) is 5.01. The molecule has 2 heteroatoms. The number of benzene rings is 1. The van der Waals surface area contributed by atoms with E-state index in [1.54, 1.807) is 0 Å². The first kappa shape index (κ1) is 14.1. The second-order valence-electron chi connectivity index (χ2n) is 4.05. The molecule has 1 N–H and O–H groups in total. The molecule has 0 spiro atoms. The fraction of sp³-hybridized carbons (Fsp3) is 0.467. The minimum absolute atomic E-state index is 0.485. The zero-order valence-electron chi connectivity index (χ0n) is 10.6. The zero-order valence-corrected chi connectivity index (χ0v) is 11.3. The van der Waals surface area contributed by atoms with Crippen LogP contribution in [0.25, 0.3) is 0 Å². The van der Waals surface area contributed by atoms with Gasteiger partial charge in [-0.1, -0.05) is 30.7 Å². The lowest BCUT2D eigenvalue weighted by Crippen LogP contribution is -2.30. The van der Waals surface area contributed by atoms with Gasteiger partial charge in [0.05, 0.1) is 0 Å². The van der Waals surface area contributed by atoms with E-state index in [0.717, 1.165) is 30.8 Å². The molecule has 1 nitrogen and oxygen atoms in total. The molecule has 0 fully saturated rings. The second-order valence-corrected chi connectivity index (χ2v) is 4.49. The van der Waals surface area contributed by atoms with Crippen LogP contribution in [0.2, 0.25) is 5.02 Å². The molecule has 1 atom stereocenters. The average Bonchev–Trinajstić information content (AvgIpc) is 2.29. The fourth-order valence-electron chi connectivity index (χ4n) is 1.88. The SMILES string of the molecule is CC#CCCC(Cc1cccc(Cl)c1)NCC. The first-order valence-corrected chi connectivity index (χ1v) is 6.51. The Labute approximate surface area is 110 Å². The Morgan fingerprint density at radius 3 is 2.88 bits per heavy atom. The van der Waals surface area contributed by atoms with Crippen molar-refractivity contribution < 1.29 is 0 Å². The van der Waals surface area contributed by atoms with Crippen molar-refractivity contribution in [1.82, 2.24) is 5.32 Å². The lowest BCUT2D eigenvalue weighted by atomic mass is 10.0. The monoisotopic (exact) mass is 249 g/mol. The van der Waals surface area contributed by atoms with Crippen molar-refractivity contribution in [2.75, 3.05) is 6.54 Å². The van der Waals surface area contributed by atoms with Crippen molar-refractivity contribution >= 4 is 11.6 Å². The molecule has 92 valence electrons. The van der Waals surface area contributed by atoms with E-state index < -0.39 is 0 Å². The number of likely N-dealkylation sites (N-methyl/N-ethyl adjacent to an activating group) is 1. The van der Waals surface area contributed by atoms with E-state index in [9.17, 15) is 0 Å². The minimum atomic E-state index is 0.485. The zero-order chi connectivity index (χ0) is 12.5. The smallest absolute Gasteiger partial charge is 0.0408 e. The Morgan fingerprint density at radius 2 is 2.24 bits per heavy atom. The van der Waals surface area contributed by atoms with E-state index in [2.05, 4.69) is 30.1 Å². The van der Waals surface area contributed by atoms with Gasteiger partial charge < -0.3 is 5.32 Å². The molecule has 1 aromatic carbocycles. The molecule has 0 radical (unpaired) electrons. The van der Waals surface area contributed by atoms with Crippen LogP contribution in [0.5, 0.6) is 0 Å². The molecule has 0 saturated carbocycles. The Hall–Kier alpha value is -0.970. The average molecular weight is 250 g/mol. The lowest BCUT2D eigenvalue weighted by molar-refractivity contribution is 0.497. The van der Waals surface area contributed by atoms with Gasteiger partial charge in [0.2, 0.25) is 0 Å². The van der Waals surface area contributed by atoms with E-state index in [1.807, 2.05) is 25.1 Å². The normalized spacial score (nSPS) is 11.7. The van der Waals surface area contributed by atoms with Crippen LogP contribution < -0.4 is 5.32 Å². The van der Waals surface area contributed by atoms with Gasteiger partial charge in [0.15, 0.2) is 0 Å². The molecule has 0 aliphatic carbocycles. The van der Waals surface area contributed by atoms with Gasteiger partial charge in [-0.2, -0.15) is 0 Å². The number of rotatable bonds is 6.